The number of carbonyl (C=O) groups is 1. The Labute approximate surface area is 101 Å². The van der Waals surface area contributed by atoms with E-state index in [2.05, 4.69) is 28.6 Å². The van der Waals surface area contributed by atoms with Gasteiger partial charge in [-0.1, -0.05) is 19.1 Å². The van der Waals surface area contributed by atoms with Crippen molar-refractivity contribution in [3.63, 3.8) is 0 Å². The van der Waals surface area contributed by atoms with Crippen LogP contribution in [-0.2, 0) is 10.2 Å². The summed E-state index contributed by atoms with van der Waals surface area (Å²) in [6.07, 6.45) is 7.60. The van der Waals surface area contributed by atoms with Gasteiger partial charge >= 0.3 is 0 Å². The van der Waals surface area contributed by atoms with E-state index in [-0.39, 0.29) is 17.4 Å². The summed E-state index contributed by atoms with van der Waals surface area (Å²) in [7, 11) is 1.65. The Hall–Kier alpha value is -1.68. The summed E-state index contributed by atoms with van der Waals surface area (Å²) in [5, 5.41) is 5.88. The van der Waals surface area contributed by atoms with Crippen molar-refractivity contribution in [2.24, 2.45) is 0 Å². The number of amides is 1. The van der Waals surface area contributed by atoms with Crippen LogP contribution in [0.25, 0.3) is 0 Å². The largest absolute Gasteiger partial charge is 0.358 e. The SMILES string of the molecule is CNC(=O)C1C=CC(C)(c2ccncc2)CN1. The van der Waals surface area contributed by atoms with Crippen LogP contribution in [0.5, 0.6) is 0 Å². The fourth-order valence-electron chi connectivity index (χ4n) is 2.02. The van der Waals surface area contributed by atoms with Crippen LogP contribution in [0.2, 0.25) is 0 Å². The zero-order chi connectivity index (χ0) is 12.3. The molecule has 0 bridgehead atoms. The molecule has 2 heterocycles. The Morgan fingerprint density at radius 1 is 1.53 bits per heavy atom. The van der Waals surface area contributed by atoms with Crippen molar-refractivity contribution >= 4 is 5.91 Å². The van der Waals surface area contributed by atoms with Gasteiger partial charge in [0.05, 0.1) is 0 Å². The number of pyridine rings is 1. The Morgan fingerprint density at radius 3 is 2.76 bits per heavy atom. The summed E-state index contributed by atoms with van der Waals surface area (Å²) in [4.78, 5) is 15.5. The summed E-state index contributed by atoms with van der Waals surface area (Å²) in [6.45, 7) is 2.89. The second-order valence-corrected chi connectivity index (χ2v) is 4.49. The summed E-state index contributed by atoms with van der Waals surface area (Å²) >= 11 is 0. The lowest BCUT2D eigenvalue weighted by Crippen LogP contribution is -2.49. The molecule has 0 fully saturated rings. The highest BCUT2D eigenvalue weighted by Crippen LogP contribution is 2.26. The highest BCUT2D eigenvalue weighted by atomic mass is 16.2. The Kier molecular flexibility index (Phi) is 3.24. The van der Waals surface area contributed by atoms with Gasteiger partial charge in [-0.25, -0.2) is 0 Å². The highest BCUT2D eigenvalue weighted by molar-refractivity contribution is 5.83. The fourth-order valence-corrected chi connectivity index (χ4v) is 2.02. The van der Waals surface area contributed by atoms with Crippen LogP contribution in [0.3, 0.4) is 0 Å². The summed E-state index contributed by atoms with van der Waals surface area (Å²) < 4.78 is 0. The third-order valence-corrected chi connectivity index (χ3v) is 3.21. The van der Waals surface area contributed by atoms with Gasteiger partial charge < -0.3 is 10.6 Å². The first-order chi connectivity index (χ1) is 8.15. The second kappa shape index (κ2) is 4.67. The third-order valence-electron chi connectivity index (χ3n) is 3.21. The van der Waals surface area contributed by atoms with Crippen LogP contribution in [0.15, 0.2) is 36.7 Å². The zero-order valence-electron chi connectivity index (χ0n) is 10.1. The first-order valence-electron chi connectivity index (χ1n) is 5.70. The molecule has 0 radical (unpaired) electrons. The van der Waals surface area contributed by atoms with E-state index in [0.717, 1.165) is 6.54 Å². The molecule has 0 aromatic carbocycles. The molecule has 17 heavy (non-hydrogen) atoms. The van der Waals surface area contributed by atoms with E-state index in [1.165, 1.54) is 5.56 Å². The number of nitrogens with one attached hydrogen (secondary N) is 2. The van der Waals surface area contributed by atoms with E-state index >= 15 is 0 Å². The molecule has 4 heteroatoms. The van der Waals surface area contributed by atoms with Gasteiger partial charge in [-0.3, -0.25) is 9.78 Å². The fraction of sp³-hybridized carbons (Fsp3) is 0.385. The first kappa shape index (κ1) is 11.8. The molecule has 0 saturated heterocycles. The van der Waals surface area contributed by atoms with Crippen molar-refractivity contribution in [1.29, 1.82) is 0 Å². The smallest absolute Gasteiger partial charge is 0.240 e. The first-order valence-corrected chi connectivity index (χ1v) is 5.70. The van der Waals surface area contributed by atoms with Gasteiger partial charge in [0.2, 0.25) is 5.91 Å². The predicted octanol–water partition coefficient (Wildman–Crippen LogP) is 0.613. The van der Waals surface area contributed by atoms with Crippen LogP contribution >= 0.6 is 0 Å². The molecule has 2 unspecified atom stereocenters. The van der Waals surface area contributed by atoms with E-state index in [1.54, 1.807) is 19.4 Å². The standard InChI is InChI=1S/C13H17N3O/c1-13(10-4-7-15-8-5-10)6-3-11(16-9-13)12(17)14-2/h3-8,11,16H,9H2,1-2H3,(H,14,17). The average molecular weight is 231 g/mol. The number of likely N-dealkylation sites (N-methyl/N-ethyl adjacent to an activating group) is 1. The number of nitrogens with zero attached hydrogens (tertiary/aromatic N) is 1. The molecule has 0 aliphatic carbocycles. The lowest BCUT2D eigenvalue weighted by molar-refractivity contribution is -0.121. The lowest BCUT2D eigenvalue weighted by atomic mass is 9.80. The maximum absolute atomic E-state index is 11.5. The molecule has 2 atom stereocenters. The number of hydrogen-bond donors (Lipinski definition) is 2. The molecule has 1 amide bonds. The molecular weight excluding hydrogens is 214 g/mol. The minimum Gasteiger partial charge on any atom is -0.358 e. The molecule has 4 nitrogen and oxygen atoms in total. The monoisotopic (exact) mass is 231 g/mol. The van der Waals surface area contributed by atoms with Crippen LogP contribution in [0.4, 0.5) is 0 Å². The van der Waals surface area contributed by atoms with E-state index in [1.807, 2.05) is 18.2 Å². The van der Waals surface area contributed by atoms with Gasteiger partial charge in [0.25, 0.3) is 0 Å². The van der Waals surface area contributed by atoms with Gasteiger partial charge in [-0.2, -0.15) is 0 Å². The maximum atomic E-state index is 11.5. The Morgan fingerprint density at radius 2 is 2.24 bits per heavy atom. The normalized spacial score (nSPS) is 27.8. The third kappa shape index (κ3) is 2.36. The number of rotatable bonds is 2. The summed E-state index contributed by atoms with van der Waals surface area (Å²) in [5.74, 6) is -0.00183. The van der Waals surface area contributed by atoms with E-state index in [4.69, 9.17) is 0 Å². The van der Waals surface area contributed by atoms with Gasteiger partial charge in [0.1, 0.15) is 6.04 Å². The van der Waals surface area contributed by atoms with Gasteiger partial charge in [-0.15, -0.1) is 0 Å². The number of hydrogen-bond acceptors (Lipinski definition) is 3. The van der Waals surface area contributed by atoms with Crippen LogP contribution in [-0.4, -0.2) is 30.5 Å². The summed E-state index contributed by atoms with van der Waals surface area (Å²) in [6, 6.07) is 3.79. The maximum Gasteiger partial charge on any atom is 0.240 e. The van der Waals surface area contributed by atoms with Crippen LogP contribution < -0.4 is 10.6 Å². The van der Waals surface area contributed by atoms with Crippen molar-refractivity contribution < 1.29 is 4.79 Å². The Balaban J connectivity index is 2.19. The molecular formula is C13H17N3O. The average Bonchev–Trinajstić information content (AvgIpc) is 2.40. The minimum atomic E-state index is -0.227. The van der Waals surface area contributed by atoms with Crippen molar-refractivity contribution in [3.05, 3.63) is 42.2 Å². The van der Waals surface area contributed by atoms with Crippen LogP contribution in [0, 0.1) is 0 Å². The van der Waals surface area contributed by atoms with Crippen molar-refractivity contribution in [1.82, 2.24) is 15.6 Å². The molecule has 1 aliphatic heterocycles. The molecule has 0 spiro atoms. The lowest BCUT2D eigenvalue weighted by Gasteiger charge is -2.33. The molecule has 2 N–H and O–H groups in total. The van der Waals surface area contributed by atoms with Gasteiger partial charge in [-0.05, 0) is 17.7 Å². The Bertz CT molecular complexity index is 430. The number of carbonyl (C=O) groups excluding carboxylic acids is 1. The van der Waals surface area contributed by atoms with Gasteiger partial charge in [0, 0.05) is 31.4 Å². The highest BCUT2D eigenvalue weighted by Gasteiger charge is 2.29. The quantitative estimate of drug-likeness (QED) is 0.733. The minimum absolute atomic E-state index is 0.00183. The van der Waals surface area contributed by atoms with E-state index < -0.39 is 0 Å². The molecule has 0 saturated carbocycles. The molecule has 2 rings (SSSR count). The summed E-state index contributed by atoms with van der Waals surface area (Å²) in [5.41, 5.74) is 1.12. The number of aromatic nitrogens is 1. The molecule has 90 valence electrons. The van der Waals surface area contributed by atoms with E-state index in [9.17, 15) is 4.79 Å². The zero-order valence-corrected chi connectivity index (χ0v) is 10.1. The molecule has 1 aliphatic rings. The topological polar surface area (TPSA) is 54.0 Å². The van der Waals surface area contributed by atoms with E-state index in [0.29, 0.717) is 0 Å². The van der Waals surface area contributed by atoms with Gasteiger partial charge in [0.15, 0.2) is 0 Å². The molecule has 1 aromatic rings. The van der Waals surface area contributed by atoms with Crippen LogP contribution in [0.1, 0.15) is 12.5 Å². The molecule has 1 aromatic heterocycles. The van der Waals surface area contributed by atoms with Crippen molar-refractivity contribution in [2.45, 2.75) is 18.4 Å². The van der Waals surface area contributed by atoms with Crippen molar-refractivity contribution in [2.75, 3.05) is 13.6 Å². The van der Waals surface area contributed by atoms with Crippen molar-refractivity contribution in [3.8, 4) is 0 Å². The second-order valence-electron chi connectivity index (χ2n) is 4.49. The predicted molar refractivity (Wildman–Crippen MR) is 66.6 cm³/mol.